The molecule has 0 aliphatic rings. The molecule has 0 aliphatic carbocycles. The summed E-state index contributed by atoms with van der Waals surface area (Å²) in [6.45, 7) is 0. The van der Waals surface area contributed by atoms with Gasteiger partial charge in [0.1, 0.15) is 22.3 Å². The molecule has 14 rings (SSSR count). The summed E-state index contributed by atoms with van der Waals surface area (Å²) in [6.07, 6.45) is 0. The third-order valence-electron chi connectivity index (χ3n) is 13.5. The van der Waals surface area contributed by atoms with E-state index in [1.165, 1.54) is 21.9 Å². The van der Waals surface area contributed by atoms with Gasteiger partial charge in [0.2, 0.25) is 0 Å². The maximum absolute atomic E-state index is 6.71. The number of para-hydroxylation sites is 1. The highest BCUT2D eigenvalue weighted by Gasteiger charge is 2.19. The number of nitrogens with zero attached hydrogens (tertiary/aromatic N) is 4. The number of fused-ring (bicyclic) bond motifs is 9. The van der Waals surface area contributed by atoms with Crippen LogP contribution in [0.15, 0.2) is 239 Å². The SMILES string of the molecule is c1ccc(-c2ccc(-c3nc(-c4ccccc4)nc(-c4ccc5c(c4)oc4cc(-c6cccc7oc8cc(-n9c%10ccccc%10c%10cc(-c%11ccccc%11)ccc%109)ccc8c67)ccc45)n3)cc2)cc1. The zero-order chi connectivity index (χ0) is 45.4. The van der Waals surface area contributed by atoms with Gasteiger partial charge in [0.25, 0.3) is 0 Å². The highest BCUT2D eigenvalue weighted by atomic mass is 16.3. The first-order valence-corrected chi connectivity index (χ1v) is 23.2. The van der Waals surface area contributed by atoms with E-state index in [0.717, 1.165) is 99.5 Å². The van der Waals surface area contributed by atoms with E-state index in [1.807, 2.05) is 42.5 Å². The van der Waals surface area contributed by atoms with Gasteiger partial charge in [-0.3, -0.25) is 0 Å². The van der Waals surface area contributed by atoms with Crippen molar-refractivity contribution in [3.05, 3.63) is 231 Å². The highest BCUT2D eigenvalue weighted by Crippen LogP contribution is 2.42. The van der Waals surface area contributed by atoms with Gasteiger partial charge < -0.3 is 13.4 Å². The van der Waals surface area contributed by atoms with Crippen molar-refractivity contribution in [1.82, 2.24) is 19.5 Å². The second-order valence-corrected chi connectivity index (χ2v) is 17.6. The average Bonchev–Trinajstić information content (AvgIpc) is 4.10. The van der Waals surface area contributed by atoms with Crippen LogP contribution in [-0.4, -0.2) is 19.5 Å². The smallest absolute Gasteiger partial charge is 0.164 e. The first-order chi connectivity index (χ1) is 34.2. The van der Waals surface area contributed by atoms with Crippen molar-refractivity contribution in [2.75, 3.05) is 0 Å². The van der Waals surface area contributed by atoms with E-state index in [0.29, 0.717) is 17.5 Å². The fraction of sp³-hybridized carbons (Fsp3) is 0. The Balaban J connectivity index is 0.834. The summed E-state index contributed by atoms with van der Waals surface area (Å²) >= 11 is 0. The zero-order valence-electron chi connectivity index (χ0n) is 37.0. The van der Waals surface area contributed by atoms with Gasteiger partial charge >= 0.3 is 0 Å². The molecule has 0 aliphatic heterocycles. The largest absolute Gasteiger partial charge is 0.456 e. The van der Waals surface area contributed by atoms with Gasteiger partial charge in [-0.2, -0.15) is 0 Å². The molecular weight excluding hydrogens is 845 g/mol. The Morgan fingerprint density at radius 3 is 1.49 bits per heavy atom. The number of furan rings is 2. The Morgan fingerprint density at radius 1 is 0.275 bits per heavy atom. The van der Waals surface area contributed by atoms with Gasteiger partial charge in [-0.15, -0.1) is 0 Å². The van der Waals surface area contributed by atoms with Gasteiger partial charge in [0.15, 0.2) is 17.5 Å². The minimum absolute atomic E-state index is 0.575. The predicted octanol–water partition coefficient (Wildman–Crippen LogP) is 16.8. The Morgan fingerprint density at radius 2 is 0.768 bits per heavy atom. The second kappa shape index (κ2) is 15.6. The minimum Gasteiger partial charge on any atom is -0.456 e. The number of hydrogen-bond acceptors (Lipinski definition) is 5. The van der Waals surface area contributed by atoms with Crippen LogP contribution in [0.4, 0.5) is 0 Å². The lowest BCUT2D eigenvalue weighted by molar-refractivity contribution is 0.668. The zero-order valence-corrected chi connectivity index (χ0v) is 37.0. The van der Waals surface area contributed by atoms with E-state index < -0.39 is 0 Å². The van der Waals surface area contributed by atoms with Crippen LogP contribution in [0.5, 0.6) is 0 Å². The van der Waals surface area contributed by atoms with E-state index in [9.17, 15) is 0 Å². The second-order valence-electron chi connectivity index (χ2n) is 17.6. The Hall–Kier alpha value is -9.39. The maximum Gasteiger partial charge on any atom is 0.164 e. The fourth-order valence-corrected chi connectivity index (χ4v) is 10.1. The molecule has 322 valence electrons. The highest BCUT2D eigenvalue weighted by molar-refractivity contribution is 6.15. The summed E-state index contributed by atoms with van der Waals surface area (Å²) in [7, 11) is 0. The summed E-state index contributed by atoms with van der Waals surface area (Å²) in [5, 5.41) is 6.62. The van der Waals surface area contributed by atoms with Crippen molar-refractivity contribution >= 4 is 65.7 Å². The van der Waals surface area contributed by atoms with Gasteiger partial charge in [0.05, 0.1) is 11.0 Å². The normalized spacial score (nSPS) is 11.8. The molecule has 0 unspecified atom stereocenters. The molecule has 0 spiro atoms. The molecule has 10 aromatic carbocycles. The molecule has 6 nitrogen and oxygen atoms in total. The summed E-state index contributed by atoms with van der Waals surface area (Å²) in [6, 6.07) is 80.4. The van der Waals surface area contributed by atoms with E-state index >= 15 is 0 Å². The van der Waals surface area contributed by atoms with Crippen molar-refractivity contribution in [3.8, 4) is 73.2 Å². The fourth-order valence-electron chi connectivity index (χ4n) is 10.1. The van der Waals surface area contributed by atoms with E-state index in [4.69, 9.17) is 23.8 Å². The van der Waals surface area contributed by atoms with Crippen LogP contribution in [-0.2, 0) is 0 Å². The Labute approximate surface area is 396 Å². The maximum atomic E-state index is 6.71. The van der Waals surface area contributed by atoms with Crippen molar-refractivity contribution < 1.29 is 8.83 Å². The summed E-state index contributed by atoms with van der Waals surface area (Å²) in [5.74, 6) is 1.79. The van der Waals surface area contributed by atoms with Gasteiger partial charge in [-0.25, -0.2) is 15.0 Å². The minimum atomic E-state index is 0.575. The number of rotatable bonds is 7. The van der Waals surface area contributed by atoms with Crippen LogP contribution in [0, 0.1) is 0 Å². The molecule has 0 saturated heterocycles. The molecule has 0 bridgehead atoms. The van der Waals surface area contributed by atoms with Gasteiger partial charge in [-0.05, 0) is 94.0 Å². The Bertz CT molecular complexity index is 4290. The van der Waals surface area contributed by atoms with E-state index in [-0.39, 0.29) is 0 Å². The molecule has 14 aromatic rings. The first-order valence-electron chi connectivity index (χ1n) is 23.2. The third-order valence-corrected chi connectivity index (χ3v) is 13.5. The van der Waals surface area contributed by atoms with Gasteiger partial charge in [-0.1, -0.05) is 164 Å². The molecule has 0 radical (unpaired) electrons. The number of benzene rings is 10. The van der Waals surface area contributed by atoms with Crippen molar-refractivity contribution in [2.45, 2.75) is 0 Å². The van der Waals surface area contributed by atoms with Crippen molar-refractivity contribution in [1.29, 1.82) is 0 Å². The molecule has 6 heteroatoms. The van der Waals surface area contributed by atoms with Crippen molar-refractivity contribution in [2.24, 2.45) is 0 Å². The van der Waals surface area contributed by atoms with Crippen LogP contribution in [0.1, 0.15) is 0 Å². The van der Waals surface area contributed by atoms with Crippen LogP contribution in [0.3, 0.4) is 0 Å². The quantitative estimate of drug-likeness (QED) is 0.159. The third kappa shape index (κ3) is 6.53. The number of aromatic nitrogens is 4. The van der Waals surface area contributed by atoms with Crippen molar-refractivity contribution in [3.63, 3.8) is 0 Å². The molecule has 4 aromatic heterocycles. The topological polar surface area (TPSA) is 69.9 Å². The monoisotopic (exact) mass is 882 g/mol. The van der Waals surface area contributed by atoms with Crippen LogP contribution < -0.4 is 0 Å². The van der Waals surface area contributed by atoms with Gasteiger partial charge in [0, 0.05) is 60.8 Å². The molecule has 0 saturated carbocycles. The van der Waals surface area contributed by atoms with E-state index in [1.54, 1.807) is 0 Å². The lowest BCUT2D eigenvalue weighted by Crippen LogP contribution is -2.00. The lowest BCUT2D eigenvalue weighted by atomic mass is 9.98. The molecule has 4 heterocycles. The molecule has 0 N–H and O–H groups in total. The molecule has 69 heavy (non-hydrogen) atoms. The predicted molar refractivity (Wildman–Crippen MR) is 281 cm³/mol. The average molecular weight is 883 g/mol. The molecule has 0 fully saturated rings. The standard InChI is InChI=1S/C63H38N4O2/c1-4-13-39(14-5-1)41-23-25-43(26-24-41)62-64-61(42-17-8-3-9-18-42)65-63(66-62)46-28-32-51-50-31-27-45(36-57(50)69-58(51)37-46)48-20-12-22-56-60(48)52-33-30-47(38-59(52)68-56)67-54-21-11-10-19-49(54)53-35-44(29-34-55(53)67)40-15-6-2-7-16-40/h1-38H. The first kappa shape index (κ1) is 38.8. The summed E-state index contributed by atoms with van der Waals surface area (Å²) in [4.78, 5) is 15.0. The summed E-state index contributed by atoms with van der Waals surface area (Å²) < 4.78 is 15.7. The lowest BCUT2D eigenvalue weighted by Gasteiger charge is -2.09. The molecule has 0 atom stereocenters. The van der Waals surface area contributed by atoms with E-state index in [2.05, 4.69) is 193 Å². The summed E-state index contributed by atoms with van der Waals surface area (Å²) in [5.41, 5.74) is 16.1. The molecule has 0 amide bonds. The van der Waals surface area contributed by atoms with Crippen LogP contribution >= 0.6 is 0 Å². The molecular formula is C63H38N4O2. The Kier molecular flexibility index (Phi) is 8.79. The number of hydrogen-bond donors (Lipinski definition) is 0. The van der Waals surface area contributed by atoms with Crippen LogP contribution in [0.2, 0.25) is 0 Å². The van der Waals surface area contributed by atoms with Crippen LogP contribution in [0.25, 0.3) is 139 Å².